The molecule has 136 valence electrons. The van der Waals surface area contributed by atoms with Gasteiger partial charge in [0.2, 0.25) is 0 Å². The molecule has 1 aliphatic heterocycles. The van der Waals surface area contributed by atoms with Crippen LogP contribution in [0.5, 0.6) is 5.75 Å². The van der Waals surface area contributed by atoms with Crippen molar-refractivity contribution < 1.29 is 9.53 Å². The van der Waals surface area contributed by atoms with Crippen LogP contribution in [0.1, 0.15) is 37.2 Å². The molecule has 0 aliphatic carbocycles. The zero-order chi connectivity index (χ0) is 18.8. The number of likely N-dealkylation sites (tertiary alicyclic amines) is 1. The number of hydrogen-bond donors (Lipinski definition) is 1. The zero-order valence-corrected chi connectivity index (χ0v) is 15.1. The summed E-state index contributed by atoms with van der Waals surface area (Å²) in [5, 5.41) is 9.01. The van der Waals surface area contributed by atoms with Gasteiger partial charge in [-0.1, -0.05) is 18.2 Å². The van der Waals surface area contributed by atoms with E-state index in [2.05, 4.69) is 16.0 Å². The average Bonchev–Trinajstić information content (AvgIpc) is 3.34. The number of hydrogen-bond acceptors (Lipinski definition) is 4. The number of carbonyl (C=O) groups is 1. The van der Waals surface area contributed by atoms with E-state index in [1.807, 2.05) is 29.2 Å². The van der Waals surface area contributed by atoms with E-state index < -0.39 is 6.10 Å². The molecular weight excluding hydrogens is 340 g/mol. The van der Waals surface area contributed by atoms with Crippen molar-refractivity contribution in [3.63, 3.8) is 0 Å². The molecule has 0 bridgehead atoms. The molecule has 0 spiro atoms. The number of nitriles is 1. The van der Waals surface area contributed by atoms with E-state index in [0.29, 0.717) is 17.9 Å². The van der Waals surface area contributed by atoms with E-state index in [0.717, 1.165) is 29.7 Å². The lowest BCUT2D eigenvalue weighted by atomic mass is 10.2. The molecular formula is C21H20N4O2. The fourth-order valence-corrected chi connectivity index (χ4v) is 3.57. The molecule has 2 aromatic carbocycles. The second-order valence-electron chi connectivity index (χ2n) is 6.73. The summed E-state index contributed by atoms with van der Waals surface area (Å²) in [5.41, 5.74) is 2.39. The van der Waals surface area contributed by atoms with E-state index >= 15 is 0 Å². The van der Waals surface area contributed by atoms with Crippen LogP contribution in [-0.2, 0) is 4.79 Å². The monoisotopic (exact) mass is 360 g/mol. The Bertz CT molecular complexity index is 987. The van der Waals surface area contributed by atoms with E-state index in [1.165, 1.54) is 0 Å². The highest BCUT2D eigenvalue weighted by atomic mass is 16.5. The SMILES string of the molecule is CC(Oc1cccc(C#N)c1)C(=O)N1CCCC1c1nc2ccccc2[nH]1. The standard InChI is InChI=1S/C21H20N4O2/c1-14(27-16-7-4-6-15(12-16)13-22)21(26)25-11-5-10-19(25)20-23-17-8-2-3-9-18(17)24-20/h2-4,6-9,12,14,19H,5,10-11H2,1H3,(H,23,24). The van der Waals surface area contributed by atoms with Crippen molar-refractivity contribution in [2.45, 2.75) is 31.9 Å². The smallest absolute Gasteiger partial charge is 0.263 e. The normalized spacial score (nSPS) is 17.6. The quantitative estimate of drug-likeness (QED) is 0.771. The van der Waals surface area contributed by atoms with Gasteiger partial charge in [-0.3, -0.25) is 4.79 Å². The predicted octanol–water partition coefficient (Wildman–Crippen LogP) is 3.57. The Morgan fingerprint density at radius 3 is 3.00 bits per heavy atom. The van der Waals surface area contributed by atoms with Gasteiger partial charge in [0.25, 0.3) is 5.91 Å². The topological polar surface area (TPSA) is 82.0 Å². The number of carbonyl (C=O) groups excluding carboxylic acids is 1. The molecule has 2 atom stereocenters. The van der Waals surface area contributed by atoms with Crippen LogP contribution >= 0.6 is 0 Å². The maximum absolute atomic E-state index is 13.0. The first kappa shape index (κ1) is 17.1. The van der Waals surface area contributed by atoms with E-state index in [4.69, 9.17) is 10.00 Å². The largest absolute Gasteiger partial charge is 0.481 e. The number of imidazole rings is 1. The second kappa shape index (κ2) is 7.12. The van der Waals surface area contributed by atoms with Gasteiger partial charge in [0, 0.05) is 6.54 Å². The number of para-hydroxylation sites is 2. The highest BCUT2D eigenvalue weighted by Crippen LogP contribution is 2.32. The van der Waals surface area contributed by atoms with Crippen LogP contribution in [0.3, 0.4) is 0 Å². The summed E-state index contributed by atoms with van der Waals surface area (Å²) in [6, 6.07) is 16.7. The molecule has 6 heteroatoms. The molecule has 2 heterocycles. The molecule has 2 unspecified atom stereocenters. The number of aromatic amines is 1. The molecule has 4 rings (SSSR count). The minimum atomic E-state index is -0.635. The fraction of sp³-hybridized carbons (Fsp3) is 0.286. The van der Waals surface area contributed by atoms with Crippen molar-refractivity contribution in [1.82, 2.24) is 14.9 Å². The molecule has 1 aromatic heterocycles. The van der Waals surface area contributed by atoms with Crippen LogP contribution in [0, 0.1) is 11.3 Å². The molecule has 0 radical (unpaired) electrons. The van der Waals surface area contributed by atoms with Gasteiger partial charge in [0.15, 0.2) is 6.10 Å². The maximum Gasteiger partial charge on any atom is 0.263 e. The van der Waals surface area contributed by atoms with Crippen LogP contribution in [0.2, 0.25) is 0 Å². The minimum absolute atomic E-state index is 0.0682. The first-order valence-electron chi connectivity index (χ1n) is 9.07. The Kier molecular flexibility index (Phi) is 4.51. The van der Waals surface area contributed by atoms with Crippen molar-refractivity contribution in [3.05, 3.63) is 59.9 Å². The molecule has 3 aromatic rings. The summed E-state index contributed by atoms with van der Waals surface area (Å²) in [7, 11) is 0. The predicted molar refractivity (Wildman–Crippen MR) is 101 cm³/mol. The molecule has 1 N–H and O–H groups in total. The molecule has 1 fully saturated rings. The van der Waals surface area contributed by atoms with Crippen molar-refractivity contribution >= 4 is 16.9 Å². The van der Waals surface area contributed by atoms with Crippen molar-refractivity contribution in [3.8, 4) is 11.8 Å². The molecule has 0 saturated carbocycles. The van der Waals surface area contributed by atoms with Crippen LogP contribution in [0.25, 0.3) is 11.0 Å². The van der Waals surface area contributed by atoms with Gasteiger partial charge in [0.1, 0.15) is 11.6 Å². The van der Waals surface area contributed by atoms with Crippen LogP contribution in [0.15, 0.2) is 48.5 Å². The van der Waals surface area contributed by atoms with Crippen molar-refractivity contribution in [1.29, 1.82) is 5.26 Å². The minimum Gasteiger partial charge on any atom is -0.481 e. The highest BCUT2D eigenvalue weighted by molar-refractivity contribution is 5.82. The Morgan fingerprint density at radius 2 is 2.19 bits per heavy atom. The summed E-state index contributed by atoms with van der Waals surface area (Å²) in [6.07, 6.45) is 1.18. The van der Waals surface area contributed by atoms with Gasteiger partial charge in [-0.25, -0.2) is 4.98 Å². The van der Waals surface area contributed by atoms with Gasteiger partial charge in [-0.2, -0.15) is 5.26 Å². The van der Waals surface area contributed by atoms with Crippen LogP contribution in [-0.4, -0.2) is 33.4 Å². The first-order valence-corrected chi connectivity index (χ1v) is 9.07. The molecule has 1 aliphatic rings. The third-order valence-electron chi connectivity index (χ3n) is 4.88. The summed E-state index contributed by atoms with van der Waals surface area (Å²) in [5.74, 6) is 1.27. The number of fused-ring (bicyclic) bond motifs is 1. The molecule has 27 heavy (non-hydrogen) atoms. The fourth-order valence-electron chi connectivity index (χ4n) is 3.57. The van der Waals surface area contributed by atoms with Crippen LogP contribution < -0.4 is 4.74 Å². The number of benzene rings is 2. The lowest BCUT2D eigenvalue weighted by Gasteiger charge is -2.26. The summed E-state index contributed by atoms with van der Waals surface area (Å²) in [6.45, 7) is 2.43. The lowest BCUT2D eigenvalue weighted by Crippen LogP contribution is -2.40. The maximum atomic E-state index is 13.0. The van der Waals surface area contributed by atoms with Crippen molar-refractivity contribution in [2.75, 3.05) is 6.54 Å². The van der Waals surface area contributed by atoms with Gasteiger partial charge in [-0.05, 0) is 50.1 Å². The third-order valence-corrected chi connectivity index (χ3v) is 4.88. The number of aromatic nitrogens is 2. The Morgan fingerprint density at radius 1 is 1.33 bits per heavy atom. The first-order chi connectivity index (χ1) is 13.2. The summed E-state index contributed by atoms with van der Waals surface area (Å²) in [4.78, 5) is 22.9. The van der Waals surface area contributed by atoms with Gasteiger partial charge < -0.3 is 14.6 Å². The number of nitrogens with zero attached hydrogens (tertiary/aromatic N) is 3. The second-order valence-corrected chi connectivity index (χ2v) is 6.73. The van der Waals surface area contributed by atoms with E-state index in [1.54, 1.807) is 31.2 Å². The Labute approximate surface area is 157 Å². The number of H-pyrrole nitrogens is 1. The molecule has 1 amide bonds. The van der Waals surface area contributed by atoms with Crippen LogP contribution in [0.4, 0.5) is 0 Å². The van der Waals surface area contributed by atoms with E-state index in [-0.39, 0.29) is 11.9 Å². The Hall–Kier alpha value is -3.33. The summed E-state index contributed by atoms with van der Waals surface area (Å²) >= 11 is 0. The average molecular weight is 360 g/mol. The zero-order valence-electron chi connectivity index (χ0n) is 15.1. The molecule has 6 nitrogen and oxygen atoms in total. The van der Waals surface area contributed by atoms with Gasteiger partial charge in [-0.15, -0.1) is 0 Å². The summed E-state index contributed by atoms with van der Waals surface area (Å²) < 4.78 is 5.80. The number of ether oxygens (including phenoxy) is 1. The third kappa shape index (κ3) is 3.36. The van der Waals surface area contributed by atoms with Gasteiger partial charge in [0.05, 0.1) is 28.7 Å². The lowest BCUT2D eigenvalue weighted by molar-refractivity contribution is -0.139. The number of rotatable bonds is 4. The number of nitrogens with one attached hydrogen (secondary N) is 1. The van der Waals surface area contributed by atoms with Crippen molar-refractivity contribution in [2.24, 2.45) is 0 Å². The number of amides is 1. The highest BCUT2D eigenvalue weighted by Gasteiger charge is 2.35. The van der Waals surface area contributed by atoms with Gasteiger partial charge >= 0.3 is 0 Å². The molecule has 1 saturated heterocycles. The Balaban J connectivity index is 1.52. The van der Waals surface area contributed by atoms with E-state index in [9.17, 15) is 4.79 Å².